The fraction of sp³-hybridized carbons (Fsp3) is 0.417. The lowest BCUT2D eigenvalue weighted by molar-refractivity contribution is -0.135. The number of amides is 1. The van der Waals surface area contributed by atoms with E-state index in [0.717, 1.165) is 11.1 Å². The number of hydrogen-bond acceptors (Lipinski definition) is 4. The van der Waals surface area contributed by atoms with Gasteiger partial charge >= 0.3 is 5.97 Å². The predicted octanol–water partition coefficient (Wildman–Crippen LogP) is 5.28. The monoisotopic (exact) mass is 496 g/mol. The lowest BCUT2D eigenvalue weighted by atomic mass is 10.0. The van der Waals surface area contributed by atoms with Crippen molar-refractivity contribution in [3.63, 3.8) is 0 Å². The molecule has 0 aromatic heterocycles. The number of piperidine rings is 1. The van der Waals surface area contributed by atoms with Gasteiger partial charge in [-0.25, -0.2) is 13.6 Å². The van der Waals surface area contributed by atoms with Crippen LogP contribution in [0.2, 0.25) is 10.0 Å². The average molecular weight is 497 g/mol. The third-order valence-electron chi connectivity index (χ3n) is 6.37. The number of ether oxygens (including phenoxy) is 1. The van der Waals surface area contributed by atoms with Crippen molar-refractivity contribution in [3.8, 4) is 11.1 Å². The molecule has 2 aromatic rings. The van der Waals surface area contributed by atoms with Crippen molar-refractivity contribution in [2.75, 3.05) is 26.7 Å². The Kier molecular flexibility index (Phi) is 6.93. The molecule has 2 aliphatic rings. The maximum absolute atomic E-state index is 13.5. The number of halogens is 4. The SMILES string of the molecule is COC(=O)c1ccc(-c2cc(Cl)c(CN3CCC(N4CCC(F)(F)CC4)C3=O)c(Cl)c2)cc1. The number of esters is 1. The third kappa shape index (κ3) is 5.15. The molecule has 0 radical (unpaired) electrons. The van der Waals surface area contributed by atoms with Gasteiger partial charge in [-0.05, 0) is 41.8 Å². The zero-order valence-electron chi connectivity index (χ0n) is 18.1. The number of hydrogen-bond donors (Lipinski definition) is 0. The maximum atomic E-state index is 13.5. The Balaban J connectivity index is 1.46. The van der Waals surface area contributed by atoms with Gasteiger partial charge in [-0.15, -0.1) is 0 Å². The summed E-state index contributed by atoms with van der Waals surface area (Å²) < 4.78 is 31.7. The molecule has 0 bridgehead atoms. The van der Waals surface area contributed by atoms with Crippen LogP contribution in [0.5, 0.6) is 0 Å². The van der Waals surface area contributed by atoms with Crippen LogP contribution in [-0.2, 0) is 16.1 Å². The van der Waals surface area contributed by atoms with Crippen molar-refractivity contribution in [1.82, 2.24) is 9.80 Å². The Morgan fingerprint density at radius 3 is 2.24 bits per heavy atom. The fourth-order valence-electron chi connectivity index (χ4n) is 4.41. The number of benzene rings is 2. The summed E-state index contributed by atoms with van der Waals surface area (Å²) in [5.41, 5.74) is 2.70. The normalized spacial score (nSPS) is 20.8. The highest BCUT2D eigenvalue weighted by molar-refractivity contribution is 6.36. The summed E-state index contributed by atoms with van der Waals surface area (Å²) in [6, 6.07) is 10.1. The summed E-state index contributed by atoms with van der Waals surface area (Å²) >= 11 is 13.1. The first-order valence-corrected chi connectivity index (χ1v) is 11.5. The Bertz CT molecular complexity index is 1030. The molecule has 0 aliphatic carbocycles. The molecule has 5 nitrogen and oxygen atoms in total. The lowest BCUT2D eigenvalue weighted by Crippen LogP contribution is -2.48. The topological polar surface area (TPSA) is 49.9 Å². The standard InChI is InChI=1S/C24H24Cl2F2N2O3/c1-33-23(32)16-4-2-15(3-5-16)17-12-19(25)18(20(26)13-17)14-30-9-6-21(22(30)31)29-10-7-24(27,28)8-11-29/h2-5,12-13,21H,6-11,14H2,1H3. The highest BCUT2D eigenvalue weighted by atomic mass is 35.5. The highest BCUT2D eigenvalue weighted by Crippen LogP contribution is 2.35. The van der Waals surface area contributed by atoms with Crippen molar-refractivity contribution >= 4 is 35.1 Å². The molecular weight excluding hydrogens is 473 g/mol. The summed E-state index contributed by atoms with van der Waals surface area (Å²) in [7, 11) is 1.33. The Morgan fingerprint density at radius 2 is 1.67 bits per heavy atom. The number of carbonyl (C=O) groups is 2. The van der Waals surface area contributed by atoms with Crippen LogP contribution in [0.15, 0.2) is 36.4 Å². The van der Waals surface area contributed by atoms with Gasteiger partial charge in [0.15, 0.2) is 0 Å². The van der Waals surface area contributed by atoms with E-state index in [4.69, 9.17) is 27.9 Å². The molecule has 2 aromatic carbocycles. The average Bonchev–Trinajstić information content (AvgIpc) is 3.15. The molecule has 0 spiro atoms. The molecule has 1 amide bonds. The molecule has 1 unspecified atom stereocenters. The van der Waals surface area contributed by atoms with Gasteiger partial charge in [-0.3, -0.25) is 9.69 Å². The molecule has 0 saturated carbocycles. The number of alkyl halides is 2. The second kappa shape index (κ2) is 9.57. The molecule has 176 valence electrons. The van der Waals surface area contributed by atoms with E-state index in [0.29, 0.717) is 34.1 Å². The minimum absolute atomic E-state index is 0.0742. The quantitative estimate of drug-likeness (QED) is 0.528. The molecule has 0 N–H and O–H groups in total. The summed E-state index contributed by atoms with van der Waals surface area (Å²) in [5, 5.41) is 0.867. The summed E-state index contributed by atoms with van der Waals surface area (Å²) in [6.45, 7) is 1.24. The Labute approximate surface area is 201 Å². The van der Waals surface area contributed by atoms with Gasteiger partial charge < -0.3 is 9.64 Å². The molecule has 2 fully saturated rings. The van der Waals surface area contributed by atoms with Crippen molar-refractivity contribution in [2.24, 2.45) is 0 Å². The minimum atomic E-state index is -2.64. The first-order chi connectivity index (χ1) is 15.7. The Hall–Kier alpha value is -2.22. The lowest BCUT2D eigenvalue weighted by Gasteiger charge is -2.34. The zero-order valence-corrected chi connectivity index (χ0v) is 19.6. The van der Waals surface area contributed by atoms with Gasteiger partial charge in [-0.2, -0.15) is 0 Å². The van der Waals surface area contributed by atoms with E-state index in [2.05, 4.69) is 0 Å². The number of methoxy groups -OCH3 is 1. The van der Waals surface area contributed by atoms with E-state index in [1.165, 1.54) is 7.11 Å². The van der Waals surface area contributed by atoms with E-state index in [1.807, 2.05) is 4.90 Å². The molecule has 2 saturated heterocycles. The smallest absolute Gasteiger partial charge is 0.337 e. The van der Waals surface area contributed by atoms with E-state index >= 15 is 0 Å². The summed E-state index contributed by atoms with van der Waals surface area (Å²) in [4.78, 5) is 28.1. The van der Waals surface area contributed by atoms with E-state index in [1.54, 1.807) is 41.3 Å². The van der Waals surface area contributed by atoms with Crippen molar-refractivity contribution in [2.45, 2.75) is 37.8 Å². The van der Waals surface area contributed by atoms with Crippen LogP contribution in [0.3, 0.4) is 0 Å². The largest absolute Gasteiger partial charge is 0.465 e. The van der Waals surface area contributed by atoms with E-state index < -0.39 is 11.9 Å². The van der Waals surface area contributed by atoms with E-state index in [9.17, 15) is 18.4 Å². The highest BCUT2D eigenvalue weighted by Gasteiger charge is 2.41. The maximum Gasteiger partial charge on any atom is 0.337 e. The van der Waals surface area contributed by atoms with Gasteiger partial charge in [0, 0.05) is 54.6 Å². The van der Waals surface area contributed by atoms with Gasteiger partial charge in [0.1, 0.15) is 0 Å². The molecule has 9 heteroatoms. The molecular formula is C24H24Cl2F2N2O3. The molecule has 1 atom stereocenters. The second-order valence-electron chi connectivity index (χ2n) is 8.44. The van der Waals surface area contributed by atoms with E-state index in [-0.39, 0.29) is 44.4 Å². The van der Waals surface area contributed by atoms with Crippen LogP contribution in [0.1, 0.15) is 35.2 Å². The van der Waals surface area contributed by atoms with Gasteiger partial charge in [-0.1, -0.05) is 35.3 Å². The van der Waals surface area contributed by atoms with Crippen LogP contribution in [0.25, 0.3) is 11.1 Å². The van der Waals surface area contributed by atoms with Crippen LogP contribution in [0.4, 0.5) is 8.78 Å². The molecule has 2 heterocycles. The number of rotatable bonds is 5. The van der Waals surface area contributed by atoms with Crippen LogP contribution in [-0.4, -0.2) is 60.4 Å². The number of likely N-dealkylation sites (tertiary alicyclic amines) is 2. The molecule has 4 rings (SSSR count). The van der Waals surface area contributed by atoms with Crippen LogP contribution < -0.4 is 0 Å². The first kappa shape index (κ1) is 23.9. The molecule has 33 heavy (non-hydrogen) atoms. The molecule has 2 aliphatic heterocycles. The first-order valence-electron chi connectivity index (χ1n) is 10.8. The van der Waals surface area contributed by atoms with Gasteiger partial charge in [0.05, 0.1) is 18.7 Å². The number of nitrogens with zero attached hydrogens (tertiary/aromatic N) is 2. The summed E-state index contributed by atoms with van der Waals surface area (Å²) in [5.74, 6) is -3.13. The second-order valence-corrected chi connectivity index (χ2v) is 9.26. The number of carbonyl (C=O) groups excluding carboxylic acids is 2. The van der Waals surface area contributed by atoms with Gasteiger partial charge in [0.2, 0.25) is 5.91 Å². The predicted molar refractivity (Wildman–Crippen MR) is 123 cm³/mol. The zero-order chi connectivity index (χ0) is 23.8. The van der Waals surface area contributed by atoms with Crippen molar-refractivity contribution < 1.29 is 23.1 Å². The van der Waals surface area contributed by atoms with Crippen molar-refractivity contribution in [3.05, 3.63) is 57.6 Å². The Morgan fingerprint density at radius 1 is 1.06 bits per heavy atom. The van der Waals surface area contributed by atoms with Crippen molar-refractivity contribution in [1.29, 1.82) is 0 Å². The third-order valence-corrected chi connectivity index (χ3v) is 7.04. The summed E-state index contributed by atoms with van der Waals surface area (Å²) in [6.07, 6.45) is 0.178. The fourth-order valence-corrected chi connectivity index (χ4v) is 5.02. The minimum Gasteiger partial charge on any atom is -0.465 e. The van der Waals surface area contributed by atoms with Crippen LogP contribution >= 0.6 is 23.2 Å². The van der Waals surface area contributed by atoms with Crippen LogP contribution in [0, 0.1) is 0 Å². The van der Waals surface area contributed by atoms with Gasteiger partial charge in [0.25, 0.3) is 5.92 Å².